The van der Waals surface area contributed by atoms with Crippen molar-refractivity contribution in [3.8, 4) is 0 Å². The molecule has 1 amide bonds. The van der Waals surface area contributed by atoms with Crippen LogP contribution in [0.3, 0.4) is 0 Å². The van der Waals surface area contributed by atoms with Crippen LogP contribution in [0.2, 0.25) is 0 Å². The SMILES string of the molecule is CC(C)(C)OC(=O)N1C[C@H](O)[C@@H](O)[C@H]1Cn1cccn1. The second kappa shape index (κ2) is 5.41. The van der Waals surface area contributed by atoms with Gasteiger partial charge in [0.2, 0.25) is 0 Å². The van der Waals surface area contributed by atoms with E-state index in [1.807, 2.05) is 0 Å². The molecule has 0 saturated carbocycles. The molecule has 2 rings (SSSR count). The third-order valence-electron chi connectivity index (χ3n) is 3.13. The number of carbonyl (C=O) groups excluding carboxylic acids is 1. The van der Waals surface area contributed by atoms with Gasteiger partial charge in [0.1, 0.15) is 11.7 Å². The van der Waals surface area contributed by atoms with E-state index in [1.54, 1.807) is 43.9 Å². The maximum Gasteiger partial charge on any atom is 0.410 e. The highest BCUT2D eigenvalue weighted by atomic mass is 16.6. The second-order valence-corrected chi connectivity index (χ2v) is 5.99. The summed E-state index contributed by atoms with van der Waals surface area (Å²) in [6, 6.07) is 1.20. The van der Waals surface area contributed by atoms with Crippen molar-refractivity contribution in [1.29, 1.82) is 0 Å². The average Bonchev–Trinajstić information content (AvgIpc) is 2.91. The van der Waals surface area contributed by atoms with Gasteiger partial charge in [-0.2, -0.15) is 5.10 Å². The Kier molecular flexibility index (Phi) is 4.01. The summed E-state index contributed by atoms with van der Waals surface area (Å²) < 4.78 is 6.92. The number of ether oxygens (including phenoxy) is 1. The molecule has 0 bridgehead atoms. The van der Waals surface area contributed by atoms with Crippen LogP contribution in [0, 0.1) is 0 Å². The first-order valence-electron chi connectivity index (χ1n) is 6.61. The first-order chi connectivity index (χ1) is 9.28. The van der Waals surface area contributed by atoms with E-state index in [0.29, 0.717) is 6.54 Å². The Morgan fingerprint density at radius 3 is 2.70 bits per heavy atom. The lowest BCUT2D eigenvalue weighted by molar-refractivity contribution is 0.0102. The third-order valence-corrected chi connectivity index (χ3v) is 3.13. The fourth-order valence-electron chi connectivity index (χ4n) is 2.22. The number of hydrogen-bond acceptors (Lipinski definition) is 5. The third kappa shape index (κ3) is 3.29. The molecule has 20 heavy (non-hydrogen) atoms. The number of hydrogen-bond donors (Lipinski definition) is 2. The van der Waals surface area contributed by atoms with Gasteiger partial charge in [-0.3, -0.25) is 9.58 Å². The summed E-state index contributed by atoms with van der Waals surface area (Å²) in [5, 5.41) is 23.9. The molecule has 1 aromatic rings. The zero-order valence-corrected chi connectivity index (χ0v) is 11.9. The molecule has 1 aliphatic rings. The van der Waals surface area contributed by atoms with Crippen LogP contribution >= 0.6 is 0 Å². The van der Waals surface area contributed by atoms with Gasteiger partial charge in [-0.05, 0) is 26.8 Å². The Labute approximate surface area is 117 Å². The molecule has 1 fully saturated rings. The topological polar surface area (TPSA) is 87.8 Å². The molecule has 0 radical (unpaired) electrons. The number of amides is 1. The smallest absolute Gasteiger partial charge is 0.410 e. The molecule has 3 atom stereocenters. The summed E-state index contributed by atoms with van der Waals surface area (Å²) in [5.74, 6) is 0. The Bertz CT molecular complexity index is 455. The van der Waals surface area contributed by atoms with Gasteiger partial charge < -0.3 is 14.9 Å². The summed E-state index contributed by atoms with van der Waals surface area (Å²) in [5.41, 5.74) is -0.619. The minimum absolute atomic E-state index is 0.0576. The molecule has 1 saturated heterocycles. The number of aromatic nitrogens is 2. The van der Waals surface area contributed by atoms with Crippen LogP contribution in [0.25, 0.3) is 0 Å². The van der Waals surface area contributed by atoms with Crippen LogP contribution in [-0.2, 0) is 11.3 Å². The molecule has 0 spiro atoms. The van der Waals surface area contributed by atoms with Crippen molar-refractivity contribution in [3.63, 3.8) is 0 Å². The lowest BCUT2D eigenvalue weighted by Gasteiger charge is -2.29. The fraction of sp³-hybridized carbons (Fsp3) is 0.692. The van der Waals surface area contributed by atoms with E-state index < -0.39 is 29.9 Å². The first-order valence-corrected chi connectivity index (χ1v) is 6.61. The molecule has 7 heteroatoms. The van der Waals surface area contributed by atoms with Crippen LogP contribution in [0.1, 0.15) is 20.8 Å². The maximum atomic E-state index is 12.1. The summed E-state index contributed by atoms with van der Waals surface area (Å²) in [6.07, 6.45) is 0.848. The lowest BCUT2D eigenvalue weighted by Crippen LogP contribution is -2.44. The molecule has 112 valence electrons. The van der Waals surface area contributed by atoms with Gasteiger partial charge in [0.25, 0.3) is 0 Å². The van der Waals surface area contributed by atoms with E-state index in [4.69, 9.17) is 4.74 Å². The standard InChI is InChI=1S/C13H21N3O4/c1-13(2,3)20-12(19)16-8-10(17)11(18)9(16)7-15-6-4-5-14-15/h4-6,9-11,17-18H,7-8H2,1-3H3/t9-,10+,11+/m1/s1. The lowest BCUT2D eigenvalue weighted by atomic mass is 10.1. The number of aliphatic hydroxyl groups is 2. The largest absolute Gasteiger partial charge is 0.444 e. The monoisotopic (exact) mass is 283 g/mol. The van der Waals surface area contributed by atoms with Gasteiger partial charge in [0, 0.05) is 12.4 Å². The quantitative estimate of drug-likeness (QED) is 0.811. The molecular weight excluding hydrogens is 262 g/mol. The van der Waals surface area contributed by atoms with E-state index in [1.165, 1.54) is 4.90 Å². The zero-order chi connectivity index (χ0) is 14.9. The van der Waals surface area contributed by atoms with Gasteiger partial charge in [-0.25, -0.2) is 4.79 Å². The van der Waals surface area contributed by atoms with E-state index in [9.17, 15) is 15.0 Å². The van der Waals surface area contributed by atoms with Crippen molar-refractivity contribution in [3.05, 3.63) is 18.5 Å². The maximum absolute atomic E-state index is 12.1. The number of aliphatic hydroxyl groups excluding tert-OH is 2. The van der Waals surface area contributed by atoms with Crippen LogP contribution in [0.15, 0.2) is 18.5 Å². The number of likely N-dealkylation sites (tertiary alicyclic amines) is 1. The minimum Gasteiger partial charge on any atom is -0.444 e. The highest BCUT2D eigenvalue weighted by molar-refractivity contribution is 5.69. The van der Waals surface area contributed by atoms with Crippen LogP contribution < -0.4 is 0 Å². The Morgan fingerprint density at radius 2 is 2.15 bits per heavy atom. The molecule has 0 aliphatic carbocycles. The van der Waals surface area contributed by atoms with Crippen molar-refractivity contribution in [2.75, 3.05) is 6.54 Å². The molecule has 2 heterocycles. The number of carbonyl (C=O) groups is 1. The average molecular weight is 283 g/mol. The number of rotatable bonds is 2. The van der Waals surface area contributed by atoms with Crippen molar-refractivity contribution in [2.45, 2.75) is 51.2 Å². The second-order valence-electron chi connectivity index (χ2n) is 5.99. The Balaban J connectivity index is 2.11. The van der Waals surface area contributed by atoms with Crippen LogP contribution in [0.5, 0.6) is 0 Å². The molecule has 0 unspecified atom stereocenters. The van der Waals surface area contributed by atoms with E-state index in [0.717, 1.165) is 0 Å². The molecular formula is C13H21N3O4. The molecule has 0 aromatic carbocycles. The summed E-state index contributed by atoms with van der Waals surface area (Å²) >= 11 is 0. The van der Waals surface area contributed by atoms with Crippen molar-refractivity contribution in [2.24, 2.45) is 0 Å². The van der Waals surface area contributed by atoms with Gasteiger partial charge in [0.05, 0.1) is 25.2 Å². The predicted molar refractivity (Wildman–Crippen MR) is 71.0 cm³/mol. The van der Waals surface area contributed by atoms with Gasteiger partial charge in [-0.1, -0.05) is 0 Å². The van der Waals surface area contributed by atoms with E-state index >= 15 is 0 Å². The summed E-state index contributed by atoms with van der Waals surface area (Å²) in [6.45, 7) is 5.69. The molecule has 7 nitrogen and oxygen atoms in total. The van der Waals surface area contributed by atoms with Gasteiger partial charge >= 0.3 is 6.09 Å². The summed E-state index contributed by atoms with van der Waals surface area (Å²) in [7, 11) is 0. The van der Waals surface area contributed by atoms with E-state index in [2.05, 4.69) is 5.10 Å². The highest BCUT2D eigenvalue weighted by Crippen LogP contribution is 2.23. The van der Waals surface area contributed by atoms with Gasteiger partial charge in [0.15, 0.2) is 0 Å². The highest BCUT2D eigenvalue weighted by Gasteiger charge is 2.44. The van der Waals surface area contributed by atoms with E-state index in [-0.39, 0.29) is 6.54 Å². The summed E-state index contributed by atoms with van der Waals surface area (Å²) in [4.78, 5) is 13.5. The first kappa shape index (κ1) is 14.8. The normalized spacial score (nSPS) is 26.9. The van der Waals surface area contributed by atoms with Gasteiger partial charge in [-0.15, -0.1) is 0 Å². The number of β-amino-alcohol motifs (C(OH)–C–C–N with tert-alkyl or cyclic N) is 1. The molecule has 1 aliphatic heterocycles. The molecule has 2 N–H and O–H groups in total. The van der Waals surface area contributed by atoms with Crippen LogP contribution in [0.4, 0.5) is 4.79 Å². The van der Waals surface area contributed by atoms with Crippen molar-refractivity contribution >= 4 is 6.09 Å². The predicted octanol–water partition coefficient (Wildman–Crippen LogP) is 0.224. The Morgan fingerprint density at radius 1 is 1.45 bits per heavy atom. The Hall–Kier alpha value is -1.60. The zero-order valence-electron chi connectivity index (χ0n) is 11.9. The number of nitrogens with zero attached hydrogens (tertiary/aromatic N) is 3. The van der Waals surface area contributed by atoms with Crippen molar-refractivity contribution < 1.29 is 19.7 Å². The molecule has 1 aromatic heterocycles. The van der Waals surface area contributed by atoms with Crippen molar-refractivity contribution in [1.82, 2.24) is 14.7 Å². The van der Waals surface area contributed by atoms with Crippen LogP contribution in [-0.4, -0.2) is 61.4 Å². The fourth-order valence-corrected chi connectivity index (χ4v) is 2.22. The minimum atomic E-state index is -1.01.